The minimum Gasteiger partial charge on any atom is -0.480 e. The van der Waals surface area contributed by atoms with Gasteiger partial charge in [0.15, 0.2) is 6.10 Å². The van der Waals surface area contributed by atoms with Gasteiger partial charge in [-0.3, -0.25) is 4.79 Å². The SMILES string of the molecule is CC[C@H](Oc1ccc(C)cc1C)C(=O)N[C@@H](C)c1ccc(N2CCC[C@@H](C)C2)cc1. The van der Waals surface area contributed by atoms with E-state index in [1.54, 1.807) is 0 Å². The second-order valence-corrected chi connectivity index (χ2v) is 8.80. The summed E-state index contributed by atoms with van der Waals surface area (Å²) in [5, 5.41) is 3.13. The van der Waals surface area contributed by atoms with E-state index < -0.39 is 6.10 Å². The highest BCUT2D eigenvalue weighted by atomic mass is 16.5. The predicted octanol–water partition coefficient (Wildman–Crippen LogP) is 5.57. The van der Waals surface area contributed by atoms with Crippen LogP contribution in [-0.2, 0) is 4.79 Å². The molecule has 1 N–H and O–H groups in total. The first kappa shape index (κ1) is 22.2. The number of anilines is 1. The maximum absolute atomic E-state index is 12.8. The van der Waals surface area contributed by atoms with Gasteiger partial charge in [-0.05, 0) is 75.3 Å². The van der Waals surface area contributed by atoms with Crippen molar-refractivity contribution in [3.8, 4) is 5.75 Å². The molecule has 162 valence electrons. The minimum absolute atomic E-state index is 0.0661. The summed E-state index contributed by atoms with van der Waals surface area (Å²) in [6.07, 6.45) is 2.70. The number of ether oxygens (including phenoxy) is 1. The fourth-order valence-corrected chi connectivity index (χ4v) is 4.19. The van der Waals surface area contributed by atoms with Crippen molar-refractivity contribution < 1.29 is 9.53 Å². The van der Waals surface area contributed by atoms with E-state index in [4.69, 9.17) is 4.74 Å². The van der Waals surface area contributed by atoms with E-state index in [-0.39, 0.29) is 11.9 Å². The maximum Gasteiger partial charge on any atom is 0.261 e. The number of aryl methyl sites for hydroxylation is 2. The molecule has 1 heterocycles. The molecule has 0 radical (unpaired) electrons. The zero-order valence-corrected chi connectivity index (χ0v) is 19.1. The molecule has 0 spiro atoms. The van der Waals surface area contributed by atoms with Crippen LogP contribution in [0.4, 0.5) is 5.69 Å². The number of hydrogen-bond acceptors (Lipinski definition) is 3. The molecule has 4 nitrogen and oxygen atoms in total. The van der Waals surface area contributed by atoms with Crippen LogP contribution in [-0.4, -0.2) is 25.1 Å². The third-order valence-corrected chi connectivity index (χ3v) is 6.04. The Bertz CT molecular complexity index is 847. The van der Waals surface area contributed by atoms with Crippen LogP contribution in [0.25, 0.3) is 0 Å². The van der Waals surface area contributed by atoms with Gasteiger partial charge in [-0.15, -0.1) is 0 Å². The number of carbonyl (C=O) groups is 1. The molecule has 0 unspecified atom stereocenters. The van der Waals surface area contributed by atoms with Crippen molar-refractivity contribution in [3.63, 3.8) is 0 Å². The summed E-state index contributed by atoms with van der Waals surface area (Å²) < 4.78 is 6.04. The molecular formula is C26H36N2O2. The Kier molecular flexibility index (Phi) is 7.41. The van der Waals surface area contributed by atoms with Gasteiger partial charge in [-0.1, -0.05) is 43.7 Å². The van der Waals surface area contributed by atoms with Crippen LogP contribution < -0.4 is 15.0 Å². The number of nitrogens with zero attached hydrogens (tertiary/aromatic N) is 1. The van der Waals surface area contributed by atoms with Crippen molar-refractivity contribution in [2.75, 3.05) is 18.0 Å². The summed E-state index contributed by atoms with van der Waals surface area (Å²) in [5.41, 5.74) is 4.62. The zero-order chi connectivity index (χ0) is 21.7. The van der Waals surface area contributed by atoms with Crippen LogP contribution in [0.2, 0.25) is 0 Å². The van der Waals surface area contributed by atoms with Crippen LogP contribution >= 0.6 is 0 Å². The molecule has 1 aliphatic rings. The molecule has 0 bridgehead atoms. The molecule has 1 aliphatic heterocycles. The summed E-state index contributed by atoms with van der Waals surface area (Å²) in [4.78, 5) is 15.3. The monoisotopic (exact) mass is 408 g/mol. The Hall–Kier alpha value is -2.49. The van der Waals surface area contributed by atoms with Gasteiger partial charge in [0.05, 0.1) is 6.04 Å². The smallest absolute Gasteiger partial charge is 0.261 e. The number of amides is 1. The van der Waals surface area contributed by atoms with E-state index >= 15 is 0 Å². The third kappa shape index (κ3) is 5.56. The van der Waals surface area contributed by atoms with Gasteiger partial charge in [0.2, 0.25) is 0 Å². The van der Waals surface area contributed by atoms with Crippen molar-refractivity contribution in [1.82, 2.24) is 5.32 Å². The molecule has 4 heteroatoms. The number of hydrogen-bond donors (Lipinski definition) is 1. The van der Waals surface area contributed by atoms with Crippen molar-refractivity contribution in [3.05, 3.63) is 59.2 Å². The van der Waals surface area contributed by atoms with Crippen molar-refractivity contribution in [2.24, 2.45) is 5.92 Å². The molecule has 3 atom stereocenters. The largest absolute Gasteiger partial charge is 0.480 e. The van der Waals surface area contributed by atoms with Gasteiger partial charge in [0.25, 0.3) is 5.91 Å². The Labute approximate surface area is 181 Å². The molecule has 30 heavy (non-hydrogen) atoms. The number of carbonyl (C=O) groups excluding carboxylic acids is 1. The van der Waals surface area contributed by atoms with Crippen molar-refractivity contribution in [1.29, 1.82) is 0 Å². The summed E-state index contributed by atoms with van der Waals surface area (Å²) in [7, 11) is 0. The fraction of sp³-hybridized carbons (Fsp3) is 0.500. The lowest BCUT2D eigenvalue weighted by Crippen LogP contribution is -2.39. The summed E-state index contributed by atoms with van der Waals surface area (Å²) in [6, 6.07) is 14.6. The lowest BCUT2D eigenvalue weighted by atomic mass is 9.99. The maximum atomic E-state index is 12.8. The van der Waals surface area contributed by atoms with Crippen LogP contribution in [0.15, 0.2) is 42.5 Å². The molecule has 0 aliphatic carbocycles. The first-order chi connectivity index (χ1) is 14.4. The normalized spacial score (nSPS) is 18.6. The Morgan fingerprint density at radius 2 is 1.93 bits per heavy atom. The highest BCUT2D eigenvalue weighted by Crippen LogP contribution is 2.25. The quantitative estimate of drug-likeness (QED) is 0.651. The molecule has 1 saturated heterocycles. The highest BCUT2D eigenvalue weighted by Gasteiger charge is 2.22. The van der Waals surface area contributed by atoms with Crippen molar-refractivity contribution >= 4 is 11.6 Å². The first-order valence-electron chi connectivity index (χ1n) is 11.3. The van der Waals surface area contributed by atoms with Gasteiger partial charge in [-0.2, -0.15) is 0 Å². The second kappa shape index (κ2) is 10.0. The van der Waals surface area contributed by atoms with Crippen LogP contribution in [0, 0.1) is 19.8 Å². The van der Waals surface area contributed by atoms with E-state index in [1.165, 1.54) is 24.1 Å². The van der Waals surface area contributed by atoms with E-state index in [1.807, 2.05) is 32.9 Å². The molecule has 2 aromatic carbocycles. The van der Waals surface area contributed by atoms with Crippen LogP contribution in [0.1, 0.15) is 62.8 Å². The van der Waals surface area contributed by atoms with Gasteiger partial charge < -0.3 is 15.0 Å². The molecular weight excluding hydrogens is 372 g/mol. The summed E-state index contributed by atoms with van der Waals surface area (Å²) >= 11 is 0. The second-order valence-electron chi connectivity index (χ2n) is 8.80. The lowest BCUT2D eigenvalue weighted by molar-refractivity contribution is -0.128. The number of piperidine rings is 1. The van der Waals surface area contributed by atoms with Gasteiger partial charge in [0.1, 0.15) is 5.75 Å². The Morgan fingerprint density at radius 1 is 1.20 bits per heavy atom. The van der Waals surface area contributed by atoms with Crippen LogP contribution in [0.5, 0.6) is 5.75 Å². The number of nitrogens with one attached hydrogen (secondary N) is 1. The van der Waals surface area contributed by atoms with E-state index in [0.29, 0.717) is 6.42 Å². The topological polar surface area (TPSA) is 41.6 Å². The Morgan fingerprint density at radius 3 is 2.57 bits per heavy atom. The summed E-state index contributed by atoms with van der Waals surface area (Å²) in [6.45, 7) is 12.7. The zero-order valence-electron chi connectivity index (χ0n) is 19.1. The third-order valence-electron chi connectivity index (χ3n) is 6.04. The minimum atomic E-state index is -0.497. The molecule has 2 aromatic rings. The molecule has 1 amide bonds. The number of benzene rings is 2. The van der Waals surface area contributed by atoms with E-state index in [9.17, 15) is 4.79 Å². The van der Waals surface area contributed by atoms with Gasteiger partial charge in [-0.25, -0.2) is 0 Å². The highest BCUT2D eigenvalue weighted by molar-refractivity contribution is 5.81. The Balaban J connectivity index is 1.60. The van der Waals surface area contributed by atoms with E-state index in [0.717, 1.165) is 35.9 Å². The average molecular weight is 409 g/mol. The first-order valence-corrected chi connectivity index (χ1v) is 11.3. The molecule has 0 saturated carbocycles. The molecule has 1 fully saturated rings. The fourth-order valence-electron chi connectivity index (χ4n) is 4.19. The average Bonchev–Trinajstić information content (AvgIpc) is 2.73. The standard InChI is InChI=1S/C26H36N2O2/c1-6-24(30-25-14-9-18(2)16-20(25)4)26(29)27-21(5)22-10-12-23(13-11-22)28-15-7-8-19(3)17-28/h9-14,16,19,21,24H,6-8,15,17H2,1-5H3,(H,27,29)/t19-,21+,24+/m1/s1. The lowest BCUT2D eigenvalue weighted by Gasteiger charge is -2.33. The van der Waals surface area contributed by atoms with Gasteiger partial charge in [0, 0.05) is 18.8 Å². The molecule has 0 aromatic heterocycles. The van der Waals surface area contributed by atoms with E-state index in [2.05, 4.69) is 54.4 Å². The van der Waals surface area contributed by atoms with Crippen LogP contribution in [0.3, 0.4) is 0 Å². The number of rotatable bonds is 7. The van der Waals surface area contributed by atoms with Crippen molar-refractivity contribution in [2.45, 2.75) is 66.0 Å². The summed E-state index contributed by atoms with van der Waals surface area (Å²) in [5.74, 6) is 1.45. The molecule has 3 rings (SSSR count). The van der Waals surface area contributed by atoms with Gasteiger partial charge >= 0.3 is 0 Å². The predicted molar refractivity (Wildman–Crippen MR) is 124 cm³/mol.